The number of imidazole rings is 1. The molecule has 23 heavy (non-hydrogen) atoms. The minimum atomic E-state index is -0.931. The Hall–Kier alpha value is -1.92. The van der Waals surface area contributed by atoms with Crippen LogP contribution in [-0.2, 0) is 16.0 Å². The van der Waals surface area contributed by atoms with Gasteiger partial charge >= 0.3 is 5.97 Å². The van der Waals surface area contributed by atoms with Crippen molar-refractivity contribution in [1.82, 2.24) is 9.55 Å². The number of carbonyl (C=O) groups is 1. The highest BCUT2D eigenvalue weighted by Gasteiger charge is 2.27. The summed E-state index contributed by atoms with van der Waals surface area (Å²) in [5.41, 5.74) is 1.93. The molecular weight excluding hydrogens is 296 g/mol. The first-order valence-electron chi connectivity index (χ1n) is 8.19. The molecule has 6 heteroatoms. The predicted molar refractivity (Wildman–Crippen MR) is 83.6 cm³/mol. The van der Waals surface area contributed by atoms with Crippen LogP contribution in [0.3, 0.4) is 0 Å². The second kappa shape index (κ2) is 5.94. The van der Waals surface area contributed by atoms with Gasteiger partial charge in [0.05, 0.1) is 29.2 Å². The molecule has 2 atom stereocenters. The lowest BCUT2D eigenvalue weighted by molar-refractivity contribution is 0.0697. The van der Waals surface area contributed by atoms with Gasteiger partial charge in [0.1, 0.15) is 11.9 Å². The molecule has 4 rings (SSSR count). The molecule has 2 saturated heterocycles. The van der Waals surface area contributed by atoms with E-state index in [1.54, 1.807) is 12.1 Å². The minimum absolute atomic E-state index is 0.00270. The number of rotatable bonds is 4. The van der Waals surface area contributed by atoms with E-state index in [1.165, 1.54) is 0 Å². The molecule has 2 unspecified atom stereocenters. The number of nitrogens with zero attached hydrogens (tertiary/aromatic N) is 2. The summed E-state index contributed by atoms with van der Waals surface area (Å²) in [5.74, 6) is -0.0326. The van der Waals surface area contributed by atoms with Gasteiger partial charge in [-0.2, -0.15) is 0 Å². The maximum absolute atomic E-state index is 11.2. The van der Waals surface area contributed by atoms with E-state index in [0.717, 1.165) is 56.8 Å². The molecular formula is C17H20N2O4. The van der Waals surface area contributed by atoms with E-state index >= 15 is 0 Å². The fourth-order valence-electron chi connectivity index (χ4n) is 3.49. The zero-order valence-electron chi connectivity index (χ0n) is 12.9. The van der Waals surface area contributed by atoms with Crippen LogP contribution in [0.4, 0.5) is 0 Å². The molecule has 0 saturated carbocycles. The normalized spacial score (nSPS) is 24.5. The van der Waals surface area contributed by atoms with Gasteiger partial charge < -0.3 is 19.1 Å². The summed E-state index contributed by atoms with van der Waals surface area (Å²) in [4.78, 5) is 15.9. The average Bonchev–Trinajstić information content (AvgIpc) is 3.28. The Morgan fingerprint density at radius 3 is 2.78 bits per heavy atom. The molecule has 2 aliphatic heterocycles. The molecule has 0 radical (unpaired) electrons. The third-order valence-corrected chi connectivity index (χ3v) is 4.65. The van der Waals surface area contributed by atoms with Gasteiger partial charge in [-0.15, -0.1) is 0 Å². The van der Waals surface area contributed by atoms with E-state index < -0.39 is 5.97 Å². The highest BCUT2D eigenvalue weighted by molar-refractivity contribution is 5.92. The monoisotopic (exact) mass is 316 g/mol. The first-order chi connectivity index (χ1) is 11.2. The van der Waals surface area contributed by atoms with Crippen LogP contribution >= 0.6 is 0 Å². The lowest BCUT2D eigenvalue weighted by atomic mass is 10.2. The molecule has 0 amide bonds. The number of hydrogen-bond donors (Lipinski definition) is 1. The number of carboxylic acid groups (broad SMARTS) is 1. The van der Waals surface area contributed by atoms with Crippen molar-refractivity contribution in [2.75, 3.05) is 13.2 Å². The van der Waals surface area contributed by atoms with E-state index in [2.05, 4.69) is 4.57 Å². The summed E-state index contributed by atoms with van der Waals surface area (Å²) < 4.78 is 13.7. The van der Waals surface area contributed by atoms with E-state index in [4.69, 9.17) is 14.5 Å². The quantitative estimate of drug-likeness (QED) is 0.939. The van der Waals surface area contributed by atoms with Crippen LogP contribution in [0.1, 0.15) is 48.0 Å². The van der Waals surface area contributed by atoms with Gasteiger partial charge in [0.25, 0.3) is 0 Å². The van der Waals surface area contributed by atoms with Gasteiger partial charge in [0.2, 0.25) is 0 Å². The standard InChI is InChI=1S/C17H20N2O4/c20-17(21)11-5-6-14-13(9-11)18-16(15-4-2-8-23-15)19(14)10-12-3-1-7-22-12/h5-6,9,12,15H,1-4,7-8,10H2,(H,20,21). The number of aromatic carboxylic acids is 1. The van der Waals surface area contributed by atoms with Crippen LogP contribution in [0, 0.1) is 0 Å². The first-order valence-corrected chi connectivity index (χ1v) is 8.19. The maximum Gasteiger partial charge on any atom is 0.335 e. The Bertz CT molecular complexity index is 728. The lowest BCUT2D eigenvalue weighted by Crippen LogP contribution is -2.18. The van der Waals surface area contributed by atoms with Crippen LogP contribution in [0.5, 0.6) is 0 Å². The molecule has 0 aliphatic carbocycles. The second-order valence-corrected chi connectivity index (χ2v) is 6.23. The van der Waals surface area contributed by atoms with Crippen LogP contribution in [0.15, 0.2) is 18.2 Å². The highest BCUT2D eigenvalue weighted by atomic mass is 16.5. The van der Waals surface area contributed by atoms with Crippen molar-refractivity contribution in [1.29, 1.82) is 0 Å². The van der Waals surface area contributed by atoms with Crippen molar-refractivity contribution in [3.05, 3.63) is 29.6 Å². The molecule has 0 spiro atoms. The molecule has 1 aromatic carbocycles. The summed E-state index contributed by atoms with van der Waals surface area (Å²) in [5, 5.41) is 9.18. The van der Waals surface area contributed by atoms with Gasteiger partial charge in [0.15, 0.2) is 0 Å². The Morgan fingerprint density at radius 1 is 1.26 bits per heavy atom. The van der Waals surface area contributed by atoms with Gasteiger partial charge in [-0.3, -0.25) is 0 Å². The average molecular weight is 316 g/mol. The van der Waals surface area contributed by atoms with Gasteiger partial charge in [-0.25, -0.2) is 9.78 Å². The molecule has 122 valence electrons. The molecule has 2 aliphatic rings. The number of carboxylic acids is 1. The van der Waals surface area contributed by atoms with Crippen LogP contribution in [0.25, 0.3) is 11.0 Å². The van der Waals surface area contributed by atoms with Crippen LogP contribution in [-0.4, -0.2) is 39.9 Å². The largest absolute Gasteiger partial charge is 0.478 e. The summed E-state index contributed by atoms with van der Waals surface area (Å²) in [6, 6.07) is 5.12. The van der Waals surface area contributed by atoms with Gasteiger partial charge in [-0.1, -0.05) is 0 Å². The van der Waals surface area contributed by atoms with Crippen molar-refractivity contribution in [2.45, 2.75) is 44.4 Å². The SMILES string of the molecule is O=C(O)c1ccc2c(c1)nc(C1CCCO1)n2CC1CCCO1. The number of aromatic nitrogens is 2. The zero-order valence-corrected chi connectivity index (χ0v) is 12.9. The van der Waals surface area contributed by atoms with Crippen LogP contribution in [0.2, 0.25) is 0 Å². The van der Waals surface area contributed by atoms with Crippen molar-refractivity contribution in [3.63, 3.8) is 0 Å². The maximum atomic E-state index is 11.2. The third kappa shape index (κ3) is 2.72. The van der Waals surface area contributed by atoms with Gasteiger partial charge in [0, 0.05) is 13.2 Å². The van der Waals surface area contributed by atoms with Crippen molar-refractivity contribution < 1.29 is 19.4 Å². The zero-order chi connectivity index (χ0) is 15.8. The predicted octanol–water partition coefficient (Wildman–Crippen LogP) is 2.77. The Morgan fingerprint density at radius 2 is 2.09 bits per heavy atom. The fraction of sp³-hybridized carbons (Fsp3) is 0.529. The summed E-state index contributed by atoms with van der Waals surface area (Å²) in [6.45, 7) is 2.32. The summed E-state index contributed by atoms with van der Waals surface area (Å²) in [6.07, 6.45) is 4.34. The molecule has 0 bridgehead atoms. The van der Waals surface area contributed by atoms with E-state index in [-0.39, 0.29) is 17.8 Å². The molecule has 6 nitrogen and oxygen atoms in total. The van der Waals surface area contributed by atoms with Crippen molar-refractivity contribution in [3.8, 4) is 0 Å². The number of benzene rings is 1. The van der Waals surface area contributed by atoms with E-state index in [0.29, 0.717) is 5.52 Å². The first kappa shape index (κ1) is 14.7. The number of hydrogen-bond acceptors (Lipinski definition) is 4. The Kier molecular flexibility index (Phi) is 3.79. The lowest BCUT2D eigenvalue weighted by Gasteiger charge is -2.16. The third-order valence-electron chi connectivity index (χ3n) is 4.65. The molecule has 2 aromatic rings. The molecule has 1 aromatic heterocycles. The van der Waals surface area contributed by atoms with Crippen LogP contribution < -0.4 is 0 Å². The molecule has 1 N–H and O–H groups in total. The molecule has 3 heterocycles. The Labute approximate surface area is 134 Å². The number of fused-ring (bicyclic) bond motifs is 1. The van der Waals surface area contributed by atoms with Crippen molar-refractivity contribution >= 4 is 17.0 Å². The Balaban J connectivity index is 1.78. The summed E-state index contributed by atoms with van der Waals surface area (Å²) >= 11 is 0. The molecule has 2 fully saturated rings. The smallest absolute Gasteiger partial charge is 0.335 e. The second-order valence-electron chi connectivity index (χ2n) is 6.23. The van der Waals surface area contributed by atoms with Gasteiger partial charge in [-0.05, 0) is 43.9 Å². The van der Waals surface area contributed by atoms with Crippen molar-refractivity contribution in [2.24, 2.45) is 0 Å². The van der Waals surface area contributed by atoms with E-state index in [9.17, 15) is 9.90 Å². The topological polar surface area (TPSA) is 73.6 Å². The fourth-order valence-corrected chi connectivity index (χ4v) is 3.49. The highest BCUT2D eigenvalue weighted by Crippen LogP contribution is 2.32. The van der Waals surface area contributed by atoms with E-state index in [1.807, 2.05) is 6.07 Å². The minimum Gasteiger partial charge on any atom is -0.478 e. The summed E-state index contributed by atoms with van der Waals surface area (Å²) in [7, 11) is 0. The number of ether oxygens (including phenoxy) is 2.